The molecule has 1 aromatic carbocycles. The van der Waals surface area contributed by atoms with Crippen molar-refractivity contribution in [2.45, 2.75) is 25.9 Å². The minimum atomic E-state index is -0.312. The molecule has 1 saturated heterocycles. The summed E-state index contributed by atoms with van der Waals surface area (Å²) in [5.74, 6) is -0.304. The number of rotatable bonds is 1. The molecule has 0 radical (unpaired) electrons. The van der Waals surface area contributed by atoms with Gasteiger partial charge in [-0.15, -0.1) is 12.4 Å². The molecule has 2 heterocycles. The normalized spacial score (nSPS) is 21.5. The predicted molar refractivity (Wildman–Crippen MR) is 87.6 cm³/mol. The molecule has 6 nitrogen and oxygen atoms in total. The molecule has 1 aromatic heterocycles. The SMILES string of the molecule is CC1CN(C(=O)c2n[nH]c3ccccc3c2=O)CC(C)N1.Cl. The largest absolute Gasteiger partial charge is 0.334 e. The molecule has 118 valence electrons. The highest BCUT2D eigenvalue weighted by molar-refractivity contribution is 5.95. The lowest BCUT2D eigenvalue weighted by atomic mass is 10.1. The van der Waals surface area contributed by atoms with Gasteiger partial charge in [-0.05, 0) is 26.0 Å². The molecule has 1 fully saturated rings. The third-order valence-corrected chi connectivity index (χ3v) is 3.72. The van der Waals surface area contributed by atoms with E-state index >= 15 is 0 Å². The lowest BCUT2D eigenvalue weighted by Gasteiger charge is -2.35. The zero-order valence-corrected chi connectivity index (χ0v) is 13.3. The van der Waals surface area contributed by atoms with Gasteiger partial charge in [0.25, 0.3) is 5.91 Å². The number of carbonyl (C=O) groups excluding carboxylic acids is 1. The minimum Gasteiger partial charge on any atom is -0.334 e. The van der Waals surface area contributed by atoms with Gasteiger partial charge in [-0.1, -0.05) is 12.1 Å². The van der Waals surface area contributed by atoms with E-state index < -0.39 is 0 Å². The maximum absolute atomic E-state index is 12.6. The number of amides is 1. The Balaban J connectivity index is 0.00000176. The van der Waals surface area contributed by atoms with Crippen LogP contribution in [0.2, 0.25) is 0 Å². The number of piperazine rings is 1. The Hall–Kier alpha value is -1.92. The van der Waals surface area contributed by atoms with E-state index in [4.69, 9.17) is 0 Å². The Labute approximate surface area is 134 Å². The van der Waals surface area contributed by atoms with Crippen molar-refractivity contribution in [2.24, 2.45) is 0 Å². The van der Waals surface area contributed by atoms with Gasteiger partial charge in [0.05, 0.1) is 5.52 Å². The third-order valence-electron chi connectivity index (χ3n) is 3.72. The summed E-state index contributed by atoms with van der Waals surface area (Å²) >= 11 is 0. The summed E-state index contributed by atoms with van der Waals surface area (Å²) in [4.78, 5) is 26.7. The lowest BCUT2D eigenvalue weighted by molar-refractivity contribution is 0.0665. The molecule has 2 N–H and O–H groups in total. The van der Waals surface area contributed by atoms with Crippen LogP contribution in [0, 0.1) is 0 Å². The van der Waals surface area contributed by atoms with E-state index in [0.29, 0.717) is 24.0 Å². The van der Waals surface area contributed by atoms with E-state index in [9.17, 15) is 9.59 Å². The van der Waals surface area contributed by atoms with Crippen molar-refractivity contribution in [1.82, 2.24) is 20.4 Å². The van der Waals surface area contributed by atoms with Crippen LogP contribution in [-0.4, -0.2) is 46.2 Å². The average Bonchev–Trinajstić information content (AvgIpc) is 2.46. The topological polar surface area (TPSA) is 78.1 Å². The second-order valence-corrected chi connectivity index (χ2v) is 5.63. The summed E-state index contributed by atoms with van der Waals surface area (Å²) in [5, 5.41) is 10.6. The summed E-state index contributed by atoms with van der Waals surface area (Å²) in [6.07, 6.45) is 0. The number of halogens is 1. The van der Waals surface area contributed by atoms with Crippen molar-refractivity contribution < 1.29 is 4.79 Å². The van der Waals surface area contributed by atoms with Crippen molar-refractivity contribution >= 4 is 29.2 Å². The minimum absolute atomic E-state index is 0. The molecular formula is C15H19ClN4O2. The number of fused-ring (bicyclic) bond motifs is 1. The van der Waals surface area contributed by atoms with Crippen LogP contribution >= 0.6 is 12.4 Å². The van der Waals surface area contributed by atoms with Gasteiger partial charge in [-0.25, -0.2) is 0 Å². The highest BCUT2D eigenvalue weighted by atomic mass is 35.5. The fourth-order valence-corrected chi connectivity index (χ4v) is 2.86. The molecule has 0 saturated carbocycles. The molecule has 1 amide bonds. The van der Waals surface area contributed by atoms with Crippen LogP contribution in [-0.2, 0) is 0 Å². The Morgan fingerprint density at radius 3 is 2.55 bits per heavy atom. The number of aromatic nitrogens is 2. The van der Waals surface area contributed by atoms with Gasteiger partial charge in [-0.3, -0.25) is 14.7 Å². The first kappa shape index (κ1) is 16.5. The predicted octanol–water partition coefficient (Wildman–Crippen LogP) is 1.17. The summed E-state index contributed by atoms with van der Waals surface area (Å²) < 4.78 is 0. The Bertz CT molecular complexity index is 736. The lowest BCUT2D eigenvalue weighted by Crippen LogP contribution is -2.56. The first-order valence-electron chi connectivity index (χ1n) is 7.09. The fourth-order valence-electron chi connectivity index (χ4n) is 2.86. The van der Waals surface area contributed by atoms with E-state index in [-0.39, 0.29) is 41.5 Å². The van der Waals surface area contributed by atoms with Crippen molar-refractivity contribution in [3.8, 4) is 0 Å². The third kappa shape index (κ3) is 2.98. The van der Waals surface area contributed by atoms with Crippen LogP contribution in [0.4, 0.5) is 0 Å². The van der Waals surface area contributed by atoms with Gasteiger partial charge in [-0.2, -0.15) is 5.10 Å². The second kappa shape index (κ2) is 6.46. The van der Waals surface area contributed by atoms with Gasteiger partial charge in [0, 0.05) is 30.6 Å². The van der Waals surface area contributed by atoms with E-state index in [2.05, 4.69) is 15.5 Å². The summed E-state index contributed by atoms with van der Waals surface area (Å²) in [6.45, 7) is 5.20. The molecule has 2 aromatic rings. The molecule has 1 aliphatic heterocycles. The number of aromatic amines is 1. The number of hydrogen-bond donors (Lipinski definition) is 2. The second-order valence-electron chi connectivity index (χ2n) is 5.63. The quantitative estimate of drug-likeness (QED) is 0.826. The molecule has 0 spiro atoms. The first-order chi connectivity index (χ1) is 10.1. The van der Waals surface area contributed by atoms with Crippen molar-refractivity contribution in [3.63, 3.8) is 0 Å². The summed E-state index contributed by atoms with van der Waals surface area (Å²) in [7, 11) is 0. The van der Waals surface area contributed by atoms with Crippen molar-refractivity contribution in [2.75, 3.05) is 13.1 Å². The van der Waals surface area contributed by atoms with Gasteiger partial charge in [0.1, 0.15) is 0 Å². The highest BCUT2D eigenvalue weighted by Crippen LogP contribution is 2.09. The standard InChI is InChI=1S/C15H18N4O2.ClH/c1-9-7-19(8-10(2)16-9)15(21)13-14(20)11-5-3-4-6-12(11)17-18-13;/h3-6,9-10,16H,7-8H2,1-2H3,(H,17,20);1H. The van der Waals surface area contributed by atoms with E-state index in [1.54, 1.807) is 23.1 Å². The Kier molecular flexibility index (Phi) is 4.83. The van der Waals surface area contributed by atoms with Gasteiger partial charge >= 0.3 is 0 Å². The number of hydrogen-bond acceptors (Lipinski definition) is 4. The molecule has 22 heavy (non-hydrogen) atoms. The molecule has 0 bridgehead atoms. The molecule has 3 rings (SSSR count). The molecule has 1 aliphatic rings. The molecule has 7 heteroatoms. The van der Waals surface area contributed by atoms with Crippen LogP contribution in [0.25, 0.3) is 10.9 Å². The maximum Gasteiger partial charge on any atom is 0.278 e. The van der Waals surface area contributed by atoms with E-state index in [1.807, 2.05) is 19.9 Å². The molecule has 2 unspecified atom stereocenters. The highest BCUT2D eigenvalue weighted by Gasteiger charge is 2.28. The monoisotopic (exact) mass is 322 g/mol. The van der Waals surface area contributed by atoms with E-state index in [1.165, 1.54) is 0 Å². The van der Waals surface area contributed by atoms with Crippen molar-refractivity contribution in [1.29, 1.82) is 0 Å². The maximum atomic E-state index is 12.6. The zero-order chi connectivity index (χ0) is 15.0. The number of H-pyrrole nitrogens is 1. The van der Waals surface area contributed by atoms with Crippen LogP contribution < -0.4 is 10.7 Å². The summed E-state index contributed by atoms with van der Waals surface area (Å²) in [6, 6.07) is 7.49. The fraction of sp³-hybridized carbons (Fsp3) is 0.400. The summed E-state index contributed by atoms with van der Waals surface area (Å²) in [5.41, 5.74) is 0.296. The van der Waals surface area contributed by atoms with Crippen LogP contribution in [0.5, 0.6) is 0 Å². The number of para-hydroxylation sites is 1. The number of carbonyl (C=O) groups is 1. The van der Waals surface area contributed by atoms with Gasteiger partial charge in [0.15, 0.2) is 5.69 Å². The smallest absolute Gasteiger partial charge is 0.278 e. The Morgan fingerprint density at radius 2 is 1.86 bits per heavy atom. The number of nitrogens with zero attached hydrogens (tertiary/aromatic N) is 2. The number of benzene rings is 1. The van der Waals surface area contributed by atoms with Crippen LogP contribution in [0.15, 0.2) is 29.1 Å². The van der Waals surface area contributed by atoms with Crippen molar-refractivity contribution in [3.05, 3.63) is 40.2 Å². The Morgan fingerprint density at radius 1 is 1.23 bits per heavy atom. The zero-order valence-electron chi connectivity index (χ0n) is 12.5. The number of nitrogens with one attached hydrogen (secondary N) is 2. The van der Waals surface area contributed by atoms with Crippen LogP contribution in [0.1, 0.15) is 24.3 Å². The van der Waals surface area contributed by atoms with Gasteiger partial charge < -0.3 is 10.2 Å². The van der Waals surface area contributed by atoms with Gasteiger partial charge in [0.2, 0.25) is 5.43 Å². The average molecular weight is 323 g/mol. The van der Waals surface area contributed by atoms with Crippen LogP contribution in [0.3, 0.4) is 0 Å². The molecular weight excluding hydrogens is 304 g/mol. The molecule has 0 aliphatic carbocycles. The first-order valence-corrected chi connectivity index (χ1v) is 7.09. The van der Waals surface area contributed by atoms with E-state index in [0.717, 1.165) is 0 Å². The molecule has 2 atom stereocenters.